The Morgan fingerprint density at radius 2 is 1.93 bits per heavy atom. The molecular formula is C21H24N4O2. The number of aromatic nitrogens is 3. The van der Waals surface area contributed by atoms with Crippen molar-refractivity contribution in [3.63, 3.8) is 0 Å². The Bertz CT molecular complexity index is 881. The van der Waals surface area contributed by atoms with E-state index in [2.05, 4.69) is 53.3 Å². The predicted octanol–water partition coefficient (Wildman–Crippen LogP) is 4.39. The number of carbonyl (C=O) groups excluding carboxylic acids is 1. The molecule has 3 aromatic rings. The van der Waals surface area contributed by atoms with Crippen molar-refractivity contribution in [2.24, 2.45) is 0 Å². The summed E-state index contributed by atoms with van der Waals surface area (Å²) >= 11 is 0. The number of anilines is 1. The number of hydrogen-bond donors (Lipinski definition) is 1. The SMILES string of the molecule is CC(C)(C)c1ccc(-c2noc(CCCC(=O)Nc3cccnc3)n2)cc1. The molecule has 2 aromatic heterocycles. The summed E-state index contributed by atoms with van der Waals surface area (Å²) < 4.78 is 5.31. The van der Waals surface area contributed by atoms with E-state index in [9.17, 15) is 4.79 Å². The van der Waals surface area contributed by atoms with Crippen LogP contribution in [0.25, 0.3) is 11.4 Å². The predicted molar refractivity (Wildman–Crippen MR) is 104 cm³/mol. The molecule has 0 aliphatic rings. The molecule has 0 radical (unpaired) electrons. The number of carbonyl (C=O) groups is 1. The maximum Gasteiger partial charge on any atom is 0.226 e. The minimum atomic E-state index is -0.0551. The minimum absolute atomic E-state index is 0.0551. The van der Waals surface area contributed by atoms with E-state index in [0.29, 0.717) is 36.7 Å². The van der Waals surface area contributed by atoms with Gasteiger partial charge >= 0.3 is 0 Å². The van der Waals surface area contributed by atoms with Crippen LogP contribution in [0, 0.1) is 0 Å². The monoisotopic (exact) mass is 364 g/mol. The summed E-state index contributed by atoms with van der Waals surface area (Å²) in [6, 6.07) is 11.8. The first-order valence-corrected chi connectivity index (χ1v) is 9.05. The Morgan fingerprint density at radius 1 is 1.15 bits per heavy atom. The molecule has 6 nitrogen and oxygen atoms in total. The average molecular weight is 364 g/mol. The summed E-state index contributed by atoms with van der Waals surface area (Å²) in [5, 5.41) is 6.86. The number of amides is 1. The van der Waals surface area contributed by atoms with E-state index >= 15 is 0 Å². The number of rotatable bonds is 6. The van der Waals surface area contributed by atoms with E-state index in [1.807, 2.05) is 12.1 Å². The van der Waals surface area contributed by atoms with Crippen LogP contribution in [-0.2, 0) is 16.6 Å². The Morgan fingerprint density at radius 3 is 2.59 bits per heavy atom. The molecule has 27 heavy (non-hydrogen) atoms. The Kier molecular flexibility index (Phi) is 5.64. The molecule has 0 spiro atoms. The van der Waals surface area contributed by atoms with E-state index in [4.69, 9.17) is 4.52 Å². The lowest BCUT2D eigenvalue weighted by atomic mass is 9.87. The maximum atomic E-state index is 11.9. The van der Waals surface area contributed by atoms with Gasteiger partial charge in [-0.3, -0.25) is 9.78 Å². The molecule has 1 aromatic carbocycles. The smallest absolute Gasteiger partial charge is 0.226 e. The fraction of sp³-hybridized carbons (Fsp3) is 0.333. The van der Waals surface area contributed by atoms with E-state index in [1.54, 1.807) is 24.5 Å². The number of aryl methyl sites for hydroxylation is 1. The second kappa shape index (κ2) is 8.12. The van der Waals surface area contributed by atoms with Crippen molar-refractivity contribution < 1.29 is 9.32 Å². The summed E-state index contributed by atoms with van der Waals surface area (Å²) in [6.07, 6.45) is 4.86. The lowest BCUT2D eigenvalue weighted by Gasteiger charge is -2.18. The number of nitrogens with one attached hydrogen (secondary N) is 1. The van der Waals surface area contributed by atoms with Gasteiger partial charge in [0.1, 0.15) is 0 Å². The van der Waals surface area contributed by atoms with Crippen LogP contribution in [0.2, 0.25) is 0 Å². The summed E-state index contributed by atoms with van der Waals surface area (Å²) in [7, 11) is 0. The van der Waals surface area contributed by atoms with Gasteiger partial charge in [0, 0.05) is 24.6 Å². The summed E-state index contributed by atoms with van der Waals surface area (Å²) in [6.45, 7) is 6.54. The van der Waals surface area contributed by atoms with Crippen molar-refractivity contribution in [1.82, 2.24) is 15.1 Å². The van der Waals surface area contributed by atoms with Gasteiger partial charge in [-0.2, -0.15) is 4.98 Å². The molecule has 140 valence electrons. The fourth-order valence-electron chi connectivity index (χ4n) is 2.65. The molecule has 0 fully saturated rings. The van der Waals surface area contributed by atoms with Crippen LogP contribution >= 0.6 is 0 Å². The third kappa shape index (κ3) is 5.23. The van der Waals surface area contributed by atoms with Gasteiger partial charge < -0.3 is 9.84 Å². The molecule has 0 unspecified atom stereocenters. The van der Waals surface area contributed by atoms with Gasteiger partial charge in [-0.05, 0) is 29.5 Å². The quantitative estimate of drug-likeness (QED) is 0.701. The molecule has 2 heterocycles. The molecule has 0 aliphatic heterocycles. The average Bonchev–Trinajstić information content (AvgIpc) is 3.11. The van der Waals surface area contributed by atoms with Crippen molar-refractivity contribution >= 4 is 11.6 Å². The van der Waals surface area contributed by atoms with Gasteiger partial charge in [0.05, 0.1) is 11.9 Å². The second-order valence-electron chi connectivity index (χ2n) is 7.48. The molecule has 1 amide bonds. The molecule has 1 N–H and O–H groups in total. The molecule has 0 saturated heterocycles. The van der Waals surface area contributed by atoms with Crippen LogP contribution in [0.1, 0.15) is 45.1 Å². The van der Waals surface area contributed by atoms with Gasteiger partial charge in [-0.15, -0.1) is 0 Å². The van der Waals surface area contributed by atoms with Crippen molar-refractivity contribution in [2.45, 2.75) is 45.4 Å². The van der Waals surface area contributed by atoms with Crippen molar-refractivity contribution in [3.05, 3.63) is 60.2 Å². The fourth-order valence-corrected chi connectivity index (χ4v) is 2.65. The Labute approximate surface area is 159 Å². The highest BCUT2D eigenvalue weighted by Gasteiger charge is 2.15. The lowest BCUT2D eigenvalue weighted by Crippen LogP contribution is -2.11. The highest BCUT2D eigenvalue weighted by molar-refractivity contribution is 5.90. The van der Waals surface area contributed by atoms with E-state index in [0.717, 1.165) is 5.56 Å². The van der Waals surface area contributed by atoms with Crippen LogP contribution in [0.5, 0.6) is 0 Å². The van der Waals surface area contributed by atoms with E-state index < -0.39 is 0 Å². The van der Waals surface area contributed by atoms with Gasteiger partial charge in [-0.1, -0.05) is 50.2 Å². The highest BCUT2D eigenvalue weighted by atomic mass is 16.5. The van der Waals surface area contributed by atoms with Gasteiger partial charge in [-0.25, -0.2) is 0 Å². The van der Waals surface area contributed by atoms with Gasteiger partial charge in [0.25, 0.3) is 0 Å². The van der Waals surface area contributed by atoms with Crippen molar-refractivity contribution in [2.75, 3.05) is 5.32 Å². The lowest BCUT2D eigenvalue weighted by molar-refractivity contribution is -0.116. The Balaban J connectivity index is 1.51. The van der Waals surface area contributed by atoms with E-state index in [1.165, 1.54) is 5.56 Å². The zero-order valence-corrected chi connectivity index (χ0v) is 15.9. The number of hydrogen-bond acceptors (Lipinski definition) is 5. The summed E-state index contributed by atoms with van der Waals surface area (Å²) in [4.78, 5) is 20.3. The summed E-state index contributed by atoms with van der Waals surface area (Å²) in [5.74, 6) is 1.06. The van der Waals surface area contributed by atoms with Crippen molar-refractivity contribution in [3.8, 4) is 11.4 Å². The van der Waals surface area contributed by atoms with Gasteiger partial charge in [0.2, 0.25) is 17.6 Å². The first-order chi connectivity index (χ1) is 12.9. The van der Waals surface area contributed by atoms with Crippen molar-refractivity contribution in [1.29, 1.82) is 0 Å². The molecule has 0 aliphatic carbocycles. The van der Waals surface area contributed by atoms with Gasteiger partial charge in [0.15, 0.2) is 0 Å². The molecule has 3 rings (SSSR count). The molecule has 6 heteroatoms. The summed E-state index contributed by atoms with van der Waals surface area (Å²) in [5.41, 5.74) is 2.99. The van der Waals surface area contributed by atoms with Crippen LogP contribution in [-0.4, -0.2) is 21.0 Å². The zero-order chi connectivity index (χ0) is 19.3. The molecule has 0 atom stereocenters. The van der Waals surface area contributed by atoms with Crippen LogP contribution < -0.4 is 5.32 Å². The standard InChI is InChI=1S/C21H24N4O2/c1-21(2,3)16-11-9-15(10-12-16)20-24-19(27-25-20)8-4-7-18(26)23-17-6-5-13-22-14-17/h5-6,9-14H,4,7-8H2,1-3H3,(H,23,26). The zero-order valence-electron chi connectivity index (χ0n) is 15.9. The highest BCUT2D eigenvalue weighted by Crippen LogP contribution is 2.25. The number of nitrogens with zero attached hydrogens (tertiary/aromatic N) is 3. The van der Waals surface area contributed by atoms with Crippen LogP contribution in [0.15, 0.2) is 53.3 Å². The number of benzene rings is 1. The largest absolute Gasteiger partial charge is 0.339 e. The number of pyridine rings is 1. The first kappa shape index (κ1) is 18.8. The first-order valence-electron chi connectivity index (χ1n) is 9.05. The minimum Gasteiger partial charge on any atom is -0.339 e. The Hall–Kier alpha value is -3.02. The van der Waals surface area contributed by atoms with Crippen LogP contribution in [0.3, 0.4) is 0 Å². The topological polar surface area (TPSA) is 80.9 Å². The normalized spacial score (nSPS) is 11.4. The molecule has 0 bridgehead atoms. The maximum absolute atomic E-state index is 11.9. The molecular weight excluding hydrogens is 340 g/mol. The third-order valence-corrected chi connectivity index (χ3v) is 4.22. The third-order valence-electron chi connectivity index (χ3n) is 4.22. The molecule has 0 saturated carbocycles. The van der Waals surface area contributed by atoms with E-state index in [-0.39, 0.29) is 11.3 Å². The second-order valence-corrected chi connectivity index (χ2v) is 7.48. The van der Waals surface area contributed by atoms with Crippen LogP contribution in [0.4, 0.5) is 5.69 Å².